The number of hydrogen-bond donors (Lipinski definition) is 0. The van der Waals surface area contributed by atoms with Gasteiger partial charge in [0.1, 0.15) is 0 Å². The highest BCUT2D eigenvalue weighted by Gasteiger charge is 2.35. The SMILES string of the molecule is CN1Cc2cc(-c3ccnc4cc(C(=O)N5CCC(F)(F)CC5)ccc34)ccc2C1=O. The van der Waals surface area contributed by atoms with Gasteiger partial charge in [0.05, 0.1) is 5.52 Å². The van der Waals surface area contributed by atoms with Crippen LogP contribution in [0.15, 0.2) is 48.7 Å². The Morgan fingerprint density at radius 1 is 1.03 bits per heavy atom. The van der Waals surface area contributed by atoms with E-state index in [2.05, 4.69) is 4.98 Å². The molecule has 5 nitrogen and oxygen atoms in total. The molecule has 0 bridgehead atoms. The molecular formula is C24H21F2N3O2. The molecule has 0 saturated carbocycles. The van der Waals surface area contributed by atoms with Crippen LogP contribution in [-0.4, -0.2) is 52.7 Å². The van der Waals surface area contributed by atoms with Gasteiger partial charge in [0.2, 0.25) is 0 Å². The molecule has 2 aromatic carbocycles. The normalized spacial score (nSPS) is 17.8. The number of carbonyl (C=O) groups is 2. The number of fused-ring (bicyclic) bond motifs is 2. The Kier molecular flexibility index (Phi) is 4.50. The third-order valence-corrected chi connectivity index (χ3v) is 6.17. The van der Waals surface area contributed by atoms with E-state index < -0.39 is 5.92 Å². The number of alkyl halides is 2. The number of amides is 2. The lowest BCUT2D eigenvalue weighted by Gasteiger charge is -2.31. The zero-order valence-corrected chi connectivity index (χ0v) is 17.1. The van der Waals surface area contributed by atoms with Gasteiger partial charge in [0.25, 0.3) is 17.7 Å². The van der Waals surface area contributed by atoms with Gasteiger partial charge < -0.3 is 9.80 Å². The van der Waals surface area contributed by atoms with E-state index in [1.165, 1.54) is 4.90 Å². The Morgan fingerprint density at radius 2 is 1.81 bits per heavy atom. The summed E-state index contributed by atoms with van der Waals surface area (Å²) in [7, 11) is 1.78. The number of nitrogens with zero attached hydrogens (tertiary/aromatic N) is 3. The van der Waals surface area contributed by atoms with Crippen molar-refractivity contribution in [2.75, 3.05) is 20.1 Å². The average Bonchev–Trinajstić information content (AvgIpc) is 3.05. The van der Waals surface area contributed by atoms with Crippen LogP contribution in [0.5, 0.6) is 0 Å². The summed E-state index contributed by atoms with van der Waals surface area (Å²) < 4.78 is 26.8. The summed E-state index contributed by atoms with van der Waals surface area (Å²) in [4.78, 5) is 32.6. The summed E-state index contributed by atoms with van der Waals surface area (Å²) in [6.45, 7) is 0.692. The van der Waals surface area contributed by atoms with Crippen molar-refractivity contribution in [3.63, 3.8) is 0 Å². The van der Waals surface area contributed by atoms with E-state index in [-0.39, 0.29) is 37.7 Å². The second-order valence-electron chi connectivity index (χ2n) is 8.27. The predicted octanol–water partition coefficient (Wildman–Crippen LogP) is 4.36. The first-order chi connectivity index (χ1) is 14.8. The second kappa shape index (κ2) is 7.11. The maximum absolute atomic E-state index is 13.4. The largest absolute Gasteiger partial charge is 0.338 e. The smallest absolute Gasteiger partial charge is 0.254 e. The number of aromatic nitrogens is 1. The zero-order valence-electron chi connectivity index (χ0n) is 17.1. The molecular weight excluding hydrogens is 400 g/mol. The van der Waals surface area contributed by atoms with Crippen LogP contribution in [0.3, 0.4) is 0 Å². The maximum atomic E-state index is 13.4. The minimum atomic E-state index is -2.69. The van der Waals surface area contributed by atoms with Crippen LogP contribution in [0.1, 0.15) is 39.1 Å². The third kappa shape index (κ3) is 3.44. The lowest BCUT2D eigenvalue weighted by atomic mass is 9.97. The minimum Gasteiger partial charge on any atom is -0.338 e. The molecule has 31 heavy (non-hydrogen) atoms. The number of likely N-dealkylation sites (tertiary alicyclic amines) is 1. The van der Waals surface area contributed by atoms with Gasteiger partial charge in [-0.05, 0) is 47.0 Å². The van der Waals surface area contributed by atoms with Crippen molar-refractivity contribution < 1.29 is 18.4 Å². The van der Waals surface area contributed by atoms with Crippen LogP contribution >= 0.6 is 0 Å². The van der Waals surface area contributed by atoms with E-state index in [4.69, 9.17) is 0 Å². The monoisotopic (exact) mass is 421 g/mol. The highest BCUT2D eigenvalue weighted by atomic mass is 19.3. The number of hydrogen-bond acceptors (Lipinski definition) is 3. The molecule has 7 heteroatoms. The van der Waals surface area contributed by atoms with Crippen LogP contribution in [-0.2, 0) is 6.54 Å². The van der Waals surface area contributed by atoms with Crippen LogP contribution in [0, 0.1) is 0 Å². The quantitative estimate of drug-likeness (QED) is 0.618. The van der Waals surface area contributed by atoms with Crippen molar-refractivity contribution in [3.8, 4) is 11.1 Å². The van der Waals surface area contributed by atoms with Crippen molar-refractivity contribution in [3.05, 3.63) is 65.4 Å². The molecule has 1 saturated heterocycles. The van der Waals surface area contributed by atoms with E-state index in [1.807, 2.05) is 30.3 Å². The van der Waals surface area contributed by atoms with Crippen LogP contribution in [0.2, 0.25) is 0 Å². The van der Waals surface area contributed by atoms with Gasteiger partial charge in [-0.25, -0.2) is 8.78 Å². The van der Waals surface area contributed by atoms with Gasteiger partial charge in [0, 0.05) is 62.2 Å². The topological polar surface area (TPSA) is 53.5 Å². The molecule has 0 spiro atoms. The summed E-state index contributed by atoms with van der Waals surface area (Å²) in [5.41, 5.74) is 4.77. The Morgan fingerprint density at radius 3 is 2.58 bits per heavy atom. The van der Waals surface area contributed by atoms with Crippen molar-refractivity contribution in [2.45, 2.75) is 25.3 Å². The first-order valence-electron chi connectivity index (χ1n) is 10.3. The summed E-state index contributed by atoms with van der Waals surface area (Å²) >= 11 is 0. The van der Waals surface area contributed by atoms with Crippen LogP contribution < -0.4 is 0 Å². The third-order valence-electron chi connectivity index (χ3n) is 6.17. The maximum Gasteiger partial charge on any atom is 0.254 e. The molecule has 0 aliphatic carbocycles. The fraction of sp³-hybridized carbons (Fsp3) is 0.292. The average molecular weight is 421 g/mol. The minimum absolute atomic E-state index is 0.0276. The van der Waals surface area contributed by atoms with Gasteiger partial charge in [-0.3, -0.25) is 14.6 Å². The Bertz CT molecular complexity index is 1210. The van der Waals surface area contributed by atoms with Crippen molar-refractivity contribution in [2.24, 2.45) is 0 Å². The summed E-state index contributed by atoms with van der Waals surface area (Å²) in [6.07, 6.45) is 1.09. The molecule has 0 N–H and O–H groups in total. The number of pyridine rings is 1. The number of piperidine rings is 1. The van der Waals surface area contributed by atoms with Crippen molar-refractivity contribution in [1.29, 1.82) is 0 Å². The number of rotatable bonds is 2. The number of carbonyl (C=O) groups excluding carboxylic acids is 2. The summed E-state index contributed by atoms with van der Waals surface area (Å²) in [5.74, 6) is -2.91. The Hall–Kier alpha value is -3.35. The zero-order chi connectivity index (χ0) is 21.8. The number of halogens is 2. The van der Waals surface area contributed by atoms with E-state index in [1.54, 1.807) is 30.3 Å². The molecule has 1 aromatic heterocycles. The van der Waals surface area contributed by atoms with Gasteiger partial charge in [-0.2, -0.15) is 0 Å². The van der Waals surface area contributed by atoms with Crippen molar-refractivity contribution >= 4 is 22.7 Å². The fourth-order valence-corrected chi connectivity index (χ4v) is 4.39. The molecule has 0 atom stereocenters. The molecule has 158 valence electrons. The van der Waals surface area contributed by atoms with E-state index in [9.17, 15) is 18.4 Å². The lowest BCUT2D eigenvalue weighted by molar-refractivity contribution is -0.0494. The molecule has 3 heterocycles. The second-order valence-corrected chi connectivity index (χ2v) is 8.27. The summed E-state index contributed by atoms with van der Waals surface area (Å²) in [6, 6.07) is 13.0. The van der Waals surface area contributed by atoms with Crippen LogP contribution in [0.4, 0.5) is 8.78 Å². The Balaban J connectivity index is 1.47. The van der Waals surface area contributed by atoms with E-state index >= 15 is 0 Å². The highest BCUT2D eigenvalue weighted by Crippen LogP contribution is 2.33. The standard InChI is InChI=1S/C24H21F2N3O2/c1-28-14-17-12-15(2-4-19(17)23(28)31)18-6-9-27-21-13-16(3-5-20(18)21)22(30)29-10-7-24(25,26)8-11-29/h2-6,9,12-13H,7-8,10-11,14H2,1H3. The van der Waals surface area contributed by atoms with Gasteiger partial charge in [0.15, 0.2) is 0 Å². The fourth-order valence-electron chi connectivity index (χ4n) is 4.39. The summed E-state index contributed by atoms with van der Waals surface area (Å²) in [5, 5.41) is 0.891. The Labute approximate surface area is 178 Å². The molecule has 1 fully saturated rings. The van der Waals surface area contributed by atoms with Gasteiger partial charge in [-0.1, -0.05) is 12.1 Å². The molecule has 2 aliphatic rings. The van der Waals surface area contributed by atoms with Crippen LogP contribution in [0.25, 0.3) is 22.0 Å². The van der Waals surface area contributed by atoms with Gasteiger partial charge in [-0.15, -0.1) is 0 Å². The number of benzene rings is 2. The highest BCUT2D eigenvalue weighted by molar-refractivity contribution is 6.02. The molecule has 5 rings (SSSR count). The molecule has 0 radical (unpaired) electrons. The first-order valence-corrected chi connectivity index (χ1v) is 10.3. The van der Waals surface area contributed by atoms with Gasteiger partial charge >= 0.3 is 0 Å². The molecule has 0 unspecified atom stereocenters. The molecule has 2 aliphatic heterocycles. The van der Waals surface area contributed by atoms with E-state index in [0.29, 0.717) is 17.6 Å². The predicted molar refractivity (Wildman–Crippen MR) is 113 cm³/mol. The van der Waals surface area contributed by atoms with E-state index in [0.717, 1.165) is 27.6 Å². The first kappa shape index (κ1) is 19.6. The molecule has 3 aromatic rings. The lowest BCUT2D eigenvalue weighted by Crippen LogP contribution is -2.42. The molecule has 2 amide bonds. The van der Waals surface area contributed by atoms with Crippen molar-refractivity contribution in [1.82, 2.24) is 14.8 Å².